The van der Waals surface area contributed by atoms with Gasteiger partial charge in [-0.15, -0.1) is 0 Å². The van der Waals surface area contributed by atoms with Gasteiger partial charge in [-0.25, -0.2) is 8.42 Å². The van der Waals surface area contributed by atoms with E-state index in [1.165, 1.54) is 13.0 Å². The Morgan fingerprint density at radius 1 is 1.12 bits per heavy atom. The Hall–Kier alpha value is -2.71. The maximum absolute atomic E-state index is 13.1. The van der Waals surface area contributed by atoms with Crippen LogP contribution in [-0.2, 0) is 32.5 Å². The lowest BCUT2D eigenvalue weighted by molar-refractivity contribution is -0.123. The van der Waals surface area contributed by atoms with Crippen molar-refractivity contribution in [2.75, 3.05) is 11.4 Å². The Kier molecular flexibility index (Phi) is 7.36. The minimum atomic E-state index is -3.92. The third-order valence-corrected chi connectivity index (χ3v) is 7.14. The number of nitrogens with zero attached hydrogens (tertiary/aromatic N) is 1. The fourth-order valence-electron chi connectivity index (χ4n) is 4.07. The van der Waals surface area contributed by atoms with Crippen LogP contribution in [0, 0.1) is 5.92 Å². The summed E-state index contributed by atoms with van der Waals surface area (Å²) < 4.78 is 28.7. The topological polar surface area (TPSA) is 95.6 Å². The van der Waals surface area contributed by atoms with Crippen LogP contribution >= 0.6 is 0 Å². The maximum Gasteiger partial charge on any atom is 0.241 e. The van der Waals surface area contributed by atoms with E-state index in [1.807, 2.05) is 37.3 Å². The van der Waals surface area contributed by atoms with Crippen LogP contribution < -0.4 is 14.9 Å². The quantitative estimate of drug-likeness (QED) is 0.637. The highest BCUT2D eigenvalue weighted by Crippen LogP contribution is 2.34. The second-order valence-electron chi connectivity index (χ2n) is 8.60. The van der Waals surface area contributed by atoms with E-state index in [0.29, 0.717) is 19.4 Å². The van der Waals surface area contributed by atoms with Gasteiger partial charge in [0, 0.05) is 25.2 Å². The van der Waals surface area contributed by atoms with E-state index in [1.54, 1.807) is 30.9 Å². The molecule has 1 heterocycles. The van der Waals surface area contributed by atoms with Crippen molar-refractivity contribution in [3.63, 3.8) is 0 Å². The fraction of sp³-hybridized carbons (Fsp3) is 0.417. The number of carbonyl (C=O) groups excluding carboxylic acids is 2. The summed E-state index contributed by atoms with van der Waals surface area (Å²) in [5.41, 5.74) is 2.65. The molecule has 0 radical (unpaired) electrons. The monoisotopic (exact) mass is 457 g/mol. The predicted octanol–water partition coefficient (Wildman–Crippen LogP) is 2.65. The summed E-state index contributed by atoms with van der Waals surface area (Å²) >= 11 is 0. The molecule has 0 spiro atoms. The van der Waals surface area contributed by atoms with Crippen LogP contribution in [0.1, 0.15) is 38.8 Å². The number of fused-ring (bicyclic) bond motifs is 1. The Bertz CT molecular complexity index is 1080. The lowest BCUT2D eigenvalue weighted by Gasteiger charge is -2.22. The van der Waals surface area contributed by atoms with Gasteiger partial charge in [-0.05, 0) is 55.0 Å². The van der Waals surface area contributed by atoms with Gasteiger partial charge in [0.2, 0.25) is 21.8 Å². The molecule has 0 bridgehead atoms. The van der Waals surface area contributed by atoms with Crippen molar-refractivity contribution < 1.29 is 18.0 Å². The smallest absolute Gasteiger partial charge is 0.241 e. The molecular weight excluding hydrogens is 426 g/mol. The Morgan fingerprint density at radius 3 is 2.44 bits per heavy atom. The van der Waals surface area contributed by atoms with E-state index in [2.05, 4.69) is 10.0 Å². The molecule has 8 heteroatoms. The molecule has 0 aromatic heterocycles. The predicted molar refractivity (Wildman–Crippen MR) is 125 cm³/mol. The average Bonchev–Trinajstić information content (AvgIpc) is 3.07. The fourth-order valence-corrected chi connectivity index (χ4v) is 5.46. The second-order valence-corrected chi connectivity index (χ2v) is 10.3. The van der Waals surface area contributed by atoms with Crippen LogP contribution in [0.4, 0.5) is 5.69 Å². The first kappa shape index (κ1) is 23.9. The zero-order valence-corrected chi connectivity index (χ0v) is 19.8. The number of amides is 2. The van der Waals surface area contributed by atoms with Crippen LogP contribution in [0.2, 0.25) is 0 Å². The SMILES string of the molecule is CC(=O)N1c2ccc(S(=O)(=O)NC(C(=O)NCCc3ccccc3)C(C)C)cc2CC1C. The van der Waals surface area contributed by atoms with Gasteiger partial charge in [0.05, 0.1) is 4.90 Å². The van der Waals surface area contributed by atoms with Gasteiger partial charge in [-0.2, -0.15) is 4.72 Å². The summed E-state index contributed by atoms with van der Waals surface area (Å²) in [4.78, 5) is 26.4. The summed E-state index contributed by atoms with van der Waals surface area (Å²) in [5.74, 6) is -0.654. The summed E-state index contributed by atoms with van der Waals surface area (Å²) in [6, 6.07) is 13.6. The second kappa shape index (κ2) is 9.83. The van der Waals surface area contributed by atoms with Gasteiger partial charge in [0.25, 0.3) is 0 Å². The molecule has 1 aliphatic rings. The molecule has 2 unspecified atom stereocenters. The average molecular weight is 458 g/mol. The number of hydrogen-bond donors (Lipinski definition) is 2. The number of rotatable bonds is 8. The van der Waals surface area contributed by atoms with Gasteiger partial charge in [0.1, 0.15) is 6.04 Å². The number of hydrogen-bond acceptors (Lipinski definition) is 4. The molecule has 2 aromatic rings. The number of carbonyl (C=O) groups is 2. The molecule has 7 nitrogen and oxygen atoms in total. The zero-order valence-electron chi connectivity index (χ0n) is 19.0. The molecule has 0 aliphatic carbocycles. The van der Waals surface area contributed by atoms with Crippen LogP contribution in [0.15, 0.2) is 53.4 Å². The summed E-state index contributed by atoms with van der Waals surface area (Å²) in [5, 5.41) is 2.84. The minimum absolute atomic E-state index is 0.0211. The van der Waals surface area contributed by atoms with Gasteiger partial charge in [-0.1, -0.05) is 44.2 Å². The van der Waals surface area contributed by atoms with E-state index >= 15 is 0 Å². The number of sulfonamides is 1. The van der Waals surface area contributed by atoms with Gasteiger partial charge in [0.15, 0.2) is 0 Å². The first-order chi connectivity index (χ1) is 15.1. The van der Waals surface area contributed by atoms with E-state index in [0.717, 1.165) is 16.8 Å². The third-order valence-electron chi connectivity index (χ3n) is 5.70. The number of anilines is 1. The van der Waals surface area contributed by atoms with Crippen molar-refractivity contribution in [1.82, 2.24) is 10.0 Å². The van der Waals surface area contributed by atoms with Crippen molar-refractivity contribution >= 4 is 27.5 Å². The molecule has 1 aliphatic heterocycles. The number of nitrogens with one attached hydrogen (secondary N) is 2. The molecular formula is C24H31N3O4S. The molecule has 2 amide bonds. The normalized spacial score (nSPS) is 16.7. The first-order valence-corrected chi connectivity index (χ1v) is 12.3. The van der Waals surface area contributed by atoms with Crippen molar-refractivity contribution in [3.05, 3.63) is 59.7 Å². The summed E-state index contributed by atoms with van der Waals surface area (Å²) in [7, 11) is -3.92. The highest BCUT2D eigenvalue weighted by atomic mass is 32.2. The van der Waals surface area contributed by atoms with Crippen molar-refractivity contribution in [3.8, 4) is 0 Å². The lowest BCUT2D eigenvalue weighted by Crippen LogP contribution is -2.49. The summed E-state index contributed by atoms with van der Waals surface area (Å²) in [6.45, 7) is 7.47. The van der Waals surface area contributed by atoms with Crippen LogP contribution in [0.3, 0.4) is 0 Å². The standard InChI is InChI=1S/C24H31N3O4S/c1-16(2)23(24(29)25-13-12-19-8-6-5-7-9-19)26-32(30,31)21-10-11-22-20(15-21)14-17(3)27(22)18(4)28/h5-11,15-17,23,26H,12-14H2,1-4H3,(H,25,29). The van der Waals surface area contributed by atoms with E-state index in [-0.39, 0.29) is 28.7 Å². The van der Waals surface area contributed by atoms with E-state index in [9.17, 15) is 18.0 Å². The minimum Gasteiger partial charge on any atom is -0.354 e. The van der Waals surface area contributed by atoms with E-state index < -0.39 is 16.1 Å². The first-order valence-electron chi connectivity index (χ1n) is 10.9. The Morgan fingerprint density at radius 2 is 1.81 bits per heavy atom. The molecule has 32 heavy (non-hydrogen) atoms. The van der Waals surface area contributed by atoms with Crippen LogP contribution in [0.25, 0.3) is 0 Å². The largest absolute Gasteiger partial charge is 0.354 e. The van der Waals surface area contributed by atoms with Crippen molar-refractivity contribution in [1.29, 1.82) is 0 Å². The Labute approximate surface area is 190 Å². The molecule has 0 fully saturated rings. The molecule has 0 saturated heterocycles. The molecule has 0 saturated carbocycles. The molecule has 172 valence electrons. The van der Waals surface area contributed by atoms with Crippen LogP contribution in [-0.4, -0.2) is 38.9 Å². The van der Waals surface area contributed by atoms with E-state index in [4.69, 9.17) is 0 Å². The van der Waals surface area contributed by atoms with Crippen molar-refractivity contribution in [2.24, 2.45) is 5.92 Å². The molecule has 3 rings (SSSR count). The Balaban J connectivity index is 1.71. The highest BCUT2D eigenvalue weighted by Gasteiger charge is 2.32. The van der Waals surface area contributed by atoms with Gasteiger partial charge < -0.3 is 10.2 Å². The third kappa shape index (κ3) is 5.37. The number of benzene rings is 2. The highest BCUT2D eigenvalue weighted by molar-refractivity contribution is 7.89. The molecule has 2 atom stereocenters. The maximum atomic E-state index is 13.1. The molecule has 2 aromatic carbocycles. The van der Waals surface area contributed by atoms with Gasteiger partial charge >= 0.3 is 0 Å². The van der Waals surface area contributed by atoms with Gasteiger partial charge in [-0.3, -0.25) is 9.59 Å². The zero-order chi connectivity index (χ0) is 23.5. The van der Waals surface area contributed by atoms with Crippen LogP contribution in [0.5, 0.6) is 0 Å². The summed E-state index contributed by atoms with van der Waals surface area (Å²) in [6.07, 6.45) is 1.26. The lowest BCUT2D eigenvalue weighted by atomic mass is 10.0. The van der Waals surface area contributed by atoms with Crippen molar-refractivity contribution in [2.45, 2.75) is 57.5 Å². The molecule has 2 N–H and O–H groups in total.